The van der Waals surface area contributed by atoms with Gasteiger partial charge in [-0.1, -0.05) is 0 Å². The number of benzene rings is 1. The third kappa shape index (κ3) is 3.48. The summed E-state index contributed by atoms with van der Waals surface area (Å²) < 4.78 is 27.0. The van der Waals surface area contributed by atoms with Crippen molar-refractivity contribution < 1.29 is 13.6 Å². The molecule has 2 aliphatic heterocycles. The molecule has 144 valence electrons. The molecule has 2 aliphatic rings. The molecule has 1 aromatic carbocycles. The van der Waals surface area contributed by atoms with Crippen molar-refractivity contribution in [3.63, 3.8) is 0 Å². The number of likely N-dealkylation sites (tertiary alicyclic amines) is 1. The van der Waals surface area contributed by atoms with E-state index in [-0.39, 0.29) is 11.6 Å². The monoisotopic (exact) mass is 383 g/mol. The molecular weight excluding hydrogens is 364 g/mol. The topological polar surface area (TPSA) is 76.0 Å². The first-order valence-corrected chi connectivity index (χ1v) is 9.18. The van der Waals surface area contributed by atoms with Crippen LogP contribution in [0.25, 0.3) is 5.57 Å². The number of urea groups is 1. The van der Waals surface area contributed by atoms with Crippen LogP contribution in [0.1, 0.15) is 29.7 Å². The fourth-order valence-corrected chi connectivity index (χ4v) is 3.85. The SMILES string of the molecule is N#CC(=C1CCN(C(=O)N2CCc3[nH]ncc3C2)CC1)c1cc(F)cc(F)c1. The Bertz CT molecular complexity index is 960. The zero-order valence-electron chi connectivity index (χ0n) is 15.2. The molecule has 1 fully saturated rings. The number of aromatic amines is 1. The second-order valence-corrected chi connectivity index (χ2v) is 7.06. The molecule has 8 heteroatoms. The van der Waals surface area contributed by atoms with Crippen molar-refractivity contribution in [1.29, 1.82) is 5.26 Å². The normalized spacial score (nSPS) is 16.5. The highest BCUT2D eigenvalue weighted by molar-refractivity contribution is 5.80. The number of hydrogen-bond acceptors (Lipinski definition) is 3. The van der Waals surface area contributed by atoms with Gasteiger partial charge in [0.1, 0.15) is 11.6 Å². The fourth-order valence-electron chi connectivity index (χ4n) is 3.85. The number of carbonyl (C=O) groups is 1. The number of aromatic nitrogens is 2. The van der Waals surface area contributed by atoms with E-state index in [1.807, 2.05) is 0 Å². The lowest BCUT2D eigenvalue weighted by Gasteiger charge is -2.35. The molecule has 0 bridgehead atoms. The Kier molecular flexibility index (Phi) is 4.82. The minimum atomic E-state index is -0.709. The van der Waals surface area contributed by atoms with Crippen LogP contribution in [-0.4, -0.2) is 45.7 Å². The number of nitriles is 1. The second kappa shape index (κ2) is 7.43. The first-order chi connectivity index (χ1) is 13.5. The summed E-state index contributed by atoms with van der Waals surface area (Å²) in [6.07, 6.45) is 3.53. The van der Waals surface area contributed by atoms with E-state index < -0.39 is 11.6 Å². The van der Waals surface area contributed by atoms with Crippen molar-refractivity contribution >= 4 is 11.6 Å². The van der Waals surface area contributed by atoms with Gasteiger partial charge in [0.15, 0.2) is 0 Å². The van der Waals surface area contributed by atoms with Gasteiger partial charge in [0.05, 0.1) is 24.4 Å². The third-order valence-corrected chi connectivity index (χ3v) is 5.33. The van der Waals surface area contributed by atoms with E-state index in [1.54, 1.807) is 16.0 Å². The Morgan fingerprint density at radius 3 is 2.43 bits per heavy atom. The van der Waals surface area contributed by atoms with Gasteiger partial charge < -0.3 is 9.80 Å². The van der Waals surface area contributed by atoms with E-state index >= 15 is 0 Å². The van der Waals surface area contributed by atoms with Crippen LogP contribution in [-0.2, 0) is 13.0 Å². The highest BCUT2D eigenvalue weighted by atomic mass is 19.1. The maximum atomic E-state index is 13.5. The van der Waals surface area contributed by atoms with Gasteiger partial charge in [-0.05, 0) is 36.1 Å². The molecule has 0 unspecified atom stereocenters. The highest BCUT2D eigenvalue weighted by Crippen LogP contribution is 2.28. The molecule has 0 spiro atoms. The average molecular weight is 383 g/mol. The molecule has 2 aromatic rings. The molecule has 1 aromatic heterocycles. The van der Waals surface area contributed by atoms with Gasteiger partial charge in [-0.15, -0.1) is 0 Å². The van der Waals surface area contributed by atoms with E-state index in [4.69, 9.17) is 0 Å². The second-order valence-electron chi connectivity index (χ2n) is 7.06. The maximum Gasteiger partial charge on any atom is 0.320 e. The van der Waals surface area contributed by atoms with Gasteiger partial charge in [-0.25, -0.2) is 13.6 Å². The average Bonchev–Trinajstić information content (AvgIpc) is 3.15. The van der Waals surface area contributed by atoms with Crippen LogP contribution in [0.2, 0.25) is 0 Å². The molecule has 6 nitrogen and oxygen atoms in total. The number of halogens is 2. The quantitative estimate of drug-likeness (QED) is 0.768. The zero-order chi connectivity index (χ0) is 19.7. The third-order valence-electron chi connectivity index (χ3n) is 5.33. The number of fused-ring (bicyclic) bond motifs is 1. The van der Waals surface area contributed by atoms with E-state index in [0.29, 0.717) is 44.6 Å². The van der Waals surface area contributed by atoms with E-state index in [9.17, 15) is 18.8 Å². The Labute approximate surface area is 161 Å². The van der Waals surface area contributed by atoms with Crippen LogP contribution in [0.4, 0.5) is 13.6 Å². The van der Waals surface area contributed by atoms with Gasteiger partial charge in [0.2, 0.25) is 0 Å². The van der Waals surface area contributed by atoms with Crippen molar-refractivity contribution in [2.45, 2.75) is 25.8 Å². The zero-order valence-corrected chi connectivity index (χ0v) is 15.2. The van der Waals surface area contributed by atoms with Gasteiger partial charge in [0, 0.05) is 43.4 Å². The molecule has 0 radical (unpaired) electrons. The first-order valence-electron chi connectivity index (χ1n) is 9.18. The number of amides is 2. The number of hydrogen-bond donors (Lipinski definition) is 1. The lowest BCUT2D eigenvalue weighted by Crippen LogP contribution is -2.47. The maximum absolute atomic E-state index is 13.5. The Balaban J connectivity index is 1.46. The number of allylic oxidation sites excluding steroid dienone is 1. The Morgan fingerprint density at radius 2 is 1.75 bits per heavy atom. The lowest BCUT2D eigenvalue weighted by atomic mass is 9.94. The Morgan fingerprint density at radius 1 is 1.07 bits per heavy atom. The van der Waals surface area contributed by atoms with Crippen molar-refractivity contribution in [3.8, 4) is 6.07 Å². The van der Waals surface area contributed by atoms with Crippen molar-refractivity contribution in [2.24, 2.45) is 0 Å². The van der Waals surface area contributed by atoms with Crippen molar-refractivity contribution in [2.75, 3.05) is 19.6 Å². The predicted octanol–water partition coefficient (Wildman–Crippen LogP) is 3.24. The van der Waals surface area contributed by atoms with Crippen LogP contribution in [0, 0.1) is 23.0 Å². The molecule has 4 rings (SSSR count). The van der Waals surface area contributed by atoms with Gasteiger partial charge in [-0.2, -0.15) is 10.4 Å². The number of rotatable bonds is 1. The van der Waals surface area contributed by atoms with Crippen LogP contribution in [0.15, 0.2) is 30.0 Å². The summed E-state index contributed by atoms with van der Waals surface area (Å²) in [6, 6.07) is 5.18. The van der Waals surface area contributed by atoms with Crippen LogP contribution >= 0.6 is 0 Å². The summed E-state index contributed by atoms with van der Waals surface area (Å²) in [5.74, 6) is -1.42. The molecule has 0 aliphatic carbocycles. The predicted molar refractivity (Wildman–Crippen MR) is 97.8 cm³/mol. The smallest absolute Gasteiger partial charge is 0.320 e. The molecule has 3 heterocycles. The molecule has 28 heavy (non-hydrogen) atoms. The van der Waals surface area contributed by atoms with Crippen molar-refractivity contribution in [1.82, 2.24) is 20.0 Å². The number of carbonyl (C=O) groups excluding carboxylic acids is 1. The number of nitrogens with zero attached hydrogens (tertiary/aromatic N) is 4. The summed E-state index contributed by atoms with van der Waals surface area (Å²) in [4.78, 5) is 16.4. The molecule has 0 atom stereocenters. The van der Waals surface area contributed by atoms with Crippen LogP contribution < -0.4 is 0 Å². The molecule has 1 saturated heterocycles. The largest absolute Gasteiger partial charge is 0.324 e. The minimum absolute atomic E-state index is 0.0267. The van der Waals surface area contributed by atoms with Crippen LogP contribution in [0.3, 0.4) is 0 Å². The molecule has 2 amide bonds. The van der Waals surface area contributed by atoms with E-state index in [0.717, 1.165) is 29.3 Å². The van der Waals surface area contributed by atoms with E-state index in [2.05, 4.69) is 16.3 Å². The number of H-pyrrole nitrogens is 1. The Hall–Kier alpha value is -3.21. The number of nitrogens with one attached hydrogen (secondary N) is 1. The lowest BCUT2D eigenvalue weighted by molar-refractivity contribution is 0.144. The summed E-state index contributed by atoms with van der Waals surface area (Å²) in [6.45, 7) is 2.13. The molecule has 0 saturated carbocycles. The highest BCUT2D eigenvalue weighted by Gasteiger charge is 2.28. The fraction of sp³-hybridized carbons (Fsp3) is 0.350. The van der Waals surface area contributed by atoms with Gasteiger partial charge in [0.25, 0.3) is 0 Å². The summed E-state index contributed by atoms with van der Waals surface area (Å²) in [5, 5.41) is 16.5. The van der Waals surface area contributed by atoms with Crippen LogP contribution in [0.5, 0.6) is 0 Å². The van der Waals surface area contributed by atoms with Crippen molar-refractivity contribution in [3.05, 3.63) is 58.4 Å². The molecular formula is C20H19F2N5O. The first kappa shape index (κ1) is 18.2. The summed E-state index contributed by atoms with van der Waals surface area (Å²) >= 11 is 0. The minimum Gasteiger partial charge on any atom is -0.324 e. The van der Waals surface area contributed by atoms with Gasteiger partial charge in [-0.3, -0.25) is 5.10 Å². The van der Waals surface area contributed by atoms with Gasteiger partial charge >= 0.3 is 6.03 Å². The standard InChI is InChI=1S/C20H19F2N5O/c21-16-7-14(8-17(22)9-16)18(10-23)13-1-4-26(5-2-13)20(28)27-6-3-19-15(12-27)11-24-25-19/h7-9,11H,1-6,12H2,(H,24,25). The molecule has 1 N–H and O–H groups in total. The van der Waals surface area contributed by atoms with E-state index in [1.165, 1.54) is 12.1 Å². The summed E-state index contributed by atoms with van der Waals surface area (Å²) in [7, 11) is 0. The summed E-state index contributed by atoms with van der Waals surface area (Å²) in [5.41, 5.74) is 3.49. The number of piperidine rings is 1.